The van der Waals surface area contributed by atoms with Crippen LogP contribution in [0, 0.1) is 0 Å². The quantitative estimate of drug-likeness (QED) is 0.191. The predicted octanol–water partition coefficient (Wildman–Crippen LogP) is 5.80. The Morgan fingerprint density at radius 3 is 1.65 bits per heavy atom. The molecule has 2 fully saturated rings. The van der Waals surface area contributed by atoms with Crippen molar-refractivity contribution in [3.05, 3.63) is 95.8 Å². The van der Waals surface area contributed by atoms with E-state index in [1.54, 1.807) is 30.6 Å². The Kier molecular flexibility index (Phi) is 10.6. The van der Waals surface area contributed by atoms with Gasteiger partial charge in [-0.2, -0.15) is 26.3 Å². The summed E-state index contributed by atoms with van der Waals surface area (Å²) in [6.45, 7) is 4.31. The van der Waals surface area contributed by atoms with Crippen molar-refractivity contribution in [3.8, 4) is 0 Å². The van der Waals surface area contributed by atoms with Gasteiger partial charge in [-0.15, -0.1) is 0 Å². The Labute approximate surface area is 260 Å². The number of alkyl halides is 6. The first-order chi connectivity index (χ1) is 22.0. The Hall–Kier alpha value is -4.38. The fourth-order valence-electron chi connectivity index (χ4n) is 4.44. The van der Waals surface area contributed by atoms with Crippen molar-refractivity contribution in [2.45, 2.75) is 24.6 Å². The first kappa shape index (κ1) is 33.0. The van der Waals surface area contributed by atoms with E-state index >= 15 is 0 Å². The number of pyridine rings is 4. The van der Waals surface area contributed by atoms with Crippen LogP contribution in [0.15, 0.2) is 73.2 Å². The summed E-state index contributed by atoms with van der Waals surface area (Å²) in [6, 6.07) is 13.1. The second kappa shape index (κ2) is 14.8. The van der Waals surface area contributed by atoms with Gasteiger partial charge in [0.2, 0.25) is 0 Å². The van der Waals surface area contributed by atoms with Gasteiger partial charge in [0.05, 0.1) is 53.9 Å². The Morgan fingerprint density at radius 1 is 0.630 bits per heavy atom. The molecule has 46 heavy (non-hydrogen) atoms. The van der Waals surface area contributed by atoms with Crippen LogP contribution in [-0.2, 0) is 21.8 Å². The highest BCUT2D eigenvalue weighted by molar-refractivity contribution is 5.56. The maximum atomic E-state index is 12.6. The first-order valence-electron chi connectivity index (χ1n) is 14.2. The van der Waals surface area contributed by atoms with E-state index in [0.717, 1.165) is 42.8 Å². The number of hydrogen-bond donors (Lipinski definition) is 4. The molecular weight excluding hydrogens is 618 g/mol. The van der Waals surface area contributed by atoms with E-state index in [2.05, 4.69) is 41.2 Å². The second-order valence-corrected chi connectivity index (χ2v) is 10.2. The van der Waals surface area contributed by atoms with Crippen molar-refractivity contribution in [1.82, 2.24) is 30.6 Å². The molecule has 6 rings (SSSR count). The zero-order valence-corrected chi connectivity index (χ0v) is 24.2. The zero-order valence-electron chi connectivity index (χ0n) is 24.2. The van der Waals surface area contributed by atoms with Gasteiger partial charge < -0.3 is 30.7 Å². The van der Waals surface area contributed by atoms with Crippen LogP contribution in [0.1, 0.15) is 34.9 Å². The number of nitrogens with zero attached hydrogens (tertiary/aromatic N) is 4. The third-order valence-electron chi connectivity index (χ3n) is 6.76. The van der Waals surface area contributed by atoms with E-state index in [1.165, 1.54) is 18.2 Å². The van der Waals surface area contributed by atoms with E-state index in [9.17, 15) is 26.3 Å². The lowest BCUT2D eigenvalue weighted by Crippen LogP contribution is -2.33. The van der Waals surface area contributed by atoms with E-state index in [4.69, 9.17) is 9.47 Å². The van der Waals surface area contributed by atoms with E-state index < -0.39 is 23.6 Å². The third kappa shape index (κ3) is 9.32. The zero-order chi connectivity index (χ0) is 32.6. The minimum absolute atomic E-state index is 0.0815. The molecule has 0 bridgehead atoms. The predicted molar refractivity (Wildman–Crippen MR) is 157 cm³/mol. The smallest absolute Gasteiger partial charge is 0.369 e. The molecule has 2 atom stereocenters. The number of anilines is 4. The van der Waals surface area contributed by atoms with E-state index in [0.29, 0.717) is 43.5 Å². The van der Waals surface area contributed by atoms with Crippen LogP contribution < -0.4 is 21.3 Å². The van der Waals surface area contributed by atoms with Crippen molar-refractivity contribution in [2.75, 3.05) is 50.0 Å². The Bertz CT molecular complexity index is 1530. The van der Waals surface area contributed by atoms with Gasteiger partial charge in [-0.1, -0.05) is 6.07 Å². The molecular formula is C30H30F6N8O2. The van der Waals surface area contributed by atoms with Gasteiger partial charge in [0.1, 0.15) is 29.5 Å². The maximum Gasteiger partial charge on any atom is 0.433 e. The van der Waals surface area contributed by atoms with E-state index in [-0.39, 0.29) is 18.0 Å². The normalized spacial score (nSPS) is 18.7. The largest absolute Gasteiger partial charge is 0.433 e. The molecule has 4 N–H and O–H groups in total. The monoisotopic (exact) mass is 648 g/mol. The molecule has 16 heteroatoms. The number of rotatable bonds is 6. The van der Waals surface area contributed by atoms with Gasteiger partial charge >= 0.3 is 12.4 Å². The average molecular weight is 649 g/mol. The highest BCUT2D eigenvalue weighted by Gasteiger charge is 2.32. The summed E-state index contributed by atoms with van der Waals surface area (Å²) in [4.78, 5) is 15.9. The summed E-state index contributed by atoms with van der Waals surface area (Å²) in [5.74, 6) is 0.438. The lowest BCUT2D eigenvalue weighted by Gasteiger charge is -2.23. The molecule has 244 valence electrons. The first-order valence-corrected chi connectivity index (χ1v) is 14.2. The Balaban J connectivity index is 0.000000181. The molecule has 2 aliphatic rings. The van der Waals surface area contributed by atoms with Crippen molar-refractivity contribution in [2.24, 2.45) is 0 Å². The summed E-state index contributed by atoms with van der Waals surface area (Å²) in [6.07, 6.45) is -5.09. The molecule has 0 aromatic carbocycles. The number of hydrogen-bond acceptors (Lipinski definition) is 10. The highest BCUT2D eigenvalue weighted by Crippen LogP contribution is 2.30. The molecule has 2 saturated heterocycles. The molecule has 0 unspecified atom stereocenters. The van der Waals surface area contributed by atoms with Crippen molar-refractivity contribution in [3.63, 3.8) is 0 Å². The van der Waals surface area contributed by atoms with Gasteiger partial charge in [-0.3, -0.25) is 9.97 Å². The Morgan fingerprint density at radius 2 is 1.22 bits per heavy atom. The molecule has 0 amide bonds. The van der Waals surface area contributed by atoms with Crippen LogP contribution in [0.25, 0.3) is 0 Å². The fourth-order valence-corrected chi connectivity index (χ4v) is 4.44. The average Bonchev–Trinajstić information content (AvgIpc) is 3.06. The minimum Gasteiger partial charge on any atom is -0.369 e. The van der Waals surface area contributed by atoms with Crippen LogP contribution >= 0.6 is 0 Å². The molecule has 0 spiro atoms. The van der Waals surface area contributed by atoms with Gasteiger partial charge in [-0.25, -0.2) is 9.97 Å². The van der Waals surface area contributed by atoms with Crippen molar-refractivity contribution >= 4 is 23.0 Å². The number of nitrogens with one attached hydrogen (secondary N) is 4. The molecule has 0 saturated carbocycles. The van der Waals surface area contributed by atoms with Crippen molar-refractivity contribution < 1.29 is 35.8 Å². The summed E-state index contributed by atoms with van der Waals surface area (Å²) >= 11 is 0. The molecule has 0 radical (unpaired) electrons. The number of halogens is 6. The number of aromatic nitrogens is 4. The minimum atomic E-state index is -4.47. The number of morpholine rings is 2. The standard InChI is InChI=1S/2C15H15F3N4O/c16-15(17,18)10-1-4-14(21-7-10)22-11-2-3-12(20-8-11)13-9-19-5-6-23-13;16-15(17,18)13-2-1-3-14(22-13)21-10-4-5-11(20-8-10)12-9-19-6-7-23-12/h1-4,7-8,13,19H,5-6,9H2,(H,21,22);1-5,8,12,19H,6-7,9H2,(H,21,22)/t13-;12-/m11/s1. The molecule has 0 aliphatic carbocycles. The maximum absolute atomic E-state index is 12.6. The lowest BCUT2D eigenvalue weighted by molar-refractivity contribution is -0.141. The molecule has 2 aliphatic heterocycles. The highest BCUT2D eigenvalue weighted by atomic mass is 19.4. The molecule has 4 aromatic heterocycles. The van der Waals surface area contributed by atoms with Crippen LogP contribution in [-0.4, -0.2) is 59.3 Å². The molecule has 4 aromatic rings. The van der Waals surface area contributed by atoms with Crippen molar-refractivity contribution in [1.29, 1.82) is 0 Å². The van der Waals surface area contributed by atoms with Gasteiger partial charge in [0.25, 0.3) is 0 Å². The van der Waals surface area contributed by atoms with Gasteiger partial charge in [0.15, 0.2) is 0 Å². The van der Waals surface area contributed by atoms with Gasteiger partial charge in [0, 0.05) is 32.4 Å². The van der Waals surface area contributed by atoms with Crippen LogP contribution in [0.4, 0.5) is 49.4 Å². The molecule has 10 nitrogen and oxygen atoms in total. The summed E-state index contributed by atoms with van der Waals surface area (Å²) in [5.41, 5.74) is 1.07. The van der Waals surface area contributed by atoms with Crippen LogP contribution in [0.5, 0.6) is 0 Å². The lowest BCUT2D eigenvalue weighted by atomic mass is 10.2. The molecule has 6 heterocycles. The third-order valence-corrected chi connectivity index (χ3v) is 6.76. The van der Waals surface area contributed by atoms with Gasteiger partial charge in [-0.05, 0) is 48.5 Å². The SMILES string of the molecule is FC(F)(F)c1ccc(Nc2ccc([C@H]3CNCCO3)nc2)nc1.FC(F)(F)c1cccc(Nc2ccc([C@H]3CNCCO3)nc2)n1. The second-order valence-electron chi connectivity index (χ2n) is 10.2. The van der Waals surface area contributed by atoms with Crippen LogP contribution in [0.3, 0.4) is 0 Å². The summed E-state index contributed by atoms with van der Waals surface area (Å²) < 4.78 is 86.6. The summed E-state index contributed by atoms with van der Waals surface area (Å²) in [7, 11) is 0. The summed E-state index contributed by atoms with van der Waals surface area (Å²) in [5, 5.41) is 12.2. The van der Waals surface area contributed by atoms with E-state index in [1.807, 2.05) is 6.07 Å². The number of ether oxygens (including phenoxy) is 2. The van der Waals surface area contributed by atoms with Crippen LogP contribution in [0.2, 0.25) is 0 Å². The topological polar surface area (TPSA) is 118 Å². The fraction of sp³-hybridized carbons (Fsp3) is 0.333.